The first-order chi connectivity index (χ1) is 9.74. The van der Waals surface area contributed by atoms with Crippen molar-refractivity contribution in [2.75, 3.05) is 25.5 Å². The van der Waals surface area contributed by atoms with Gasteiger partial charge in [0.15, 0.2) is 0 Å². The number of amides is 1. The van der Waals surface area contributed by atoms with E-state index < -0.39 is 0 Å². The van der Waals surface area contributed by atoms with E-state index in [2.05, 4.69) is 29.2 Å². The van der Waals surface area contributed by atoms with Crippen molar-refractivity contribution in [3.8, 4) is 0 Å². The Morgan fingerprint density at radius 1 is 1.30 bits per heavy atom. The second-order valence-electron chi connectivity index (χ2n) is 5.31. The number of hydrogen-bond donors (Lipinski definition) is 0. The molecule has 1 aromatic carbocycles. The molecule has 0 aliphatic carbocycles. The van der Waals surface area contributed by atoms with E-state index in [1.54, 1.807) is 0 Å². The zero-order valence-electron chi connectivity index (χ0n) is 12.1. The number of carbonyl (C=O) groups is 1. The van der Waals surface area contributed by atoms with Crippen molar-refractivity contribution in [2.45, 2.75) is 32.4 Å². The molecule has 110 valence electrons. The number of piperidine rings is 1. The van der Waals surface area contributed by atoms with Gasteiger partial charge in [-0.25, -0.2) is 0 Å². The molecule has 4 heteroatoms. The van der Waals surface area contributed by atoms with Crippen LogP contribution < -0.4 is 0 Å². The Balaban J connectivity index is 1.84. The molecule has 1 amide bonds. The van der Waals surface area contributed by atoms with Crippen molar-refractivity contribution in [1.29, 1.82) is 0 Å². The van der Waals surface area contributed by atoms with Crippen LogP contribution in [0.4, 0.5) is 0 Å². The molecule has 1 aliphatic heterocycles. The first-order valence-electron chi connectivity index (χ1n) is 7.36. The summed E-state index contributed by atoms with van der Waals surface area (Å²) in [5.41, 5.74) is 1.36. The molecule has 2 rings (SSSR count). The fourth-order valence-electron chi connectivity index (χ4n) is 2.95. The molecule has 0 bridgehead atoms. The van der Waals surface area contributed by atoms with E-state index in [0.717, 1.165) is 39.0 Å². The van der Waals surface area contributed by atoms with E-state index >= 15 is 0 Å². The van der Waals surface area contributed by atoms with Crippen molar-refractivity contribution < 1.29 is 4.79 Å². The minimum atomic E-state index is 0.0654. The van der Waals surface area contributed by atoms with Gasteiger partial charge in [-0.3, -0.25) is 9.69 Å². The van der Waals surface area contributed by atoms with E-state index in [4.69, 9.17) is 11.6 Å². The number of carbonyl (C=O) groups excluding carboxylic acids is 1. The zero-order valence-corrected chi connectivity index (χ0v) is 12.9. The molecule has 1 aliphatic rings. The molecule has 1 heterocycles. The summed E-state index contributed by atoms with van der Waals surface area (Å²) in [5.74, 6) is 0.161. The van der Waals surface area contributed by atoms with Crippen molar-refractivity contribution >= 4 is 17.5 Å². The lowest BCUT2D eigenvalue weighted by molar-refractivity contribution is -0.131. The predicted molar refractivity (Wildman–Crippen MR) is 82.8 cm³/mol. The Kier molecular flexibility index (Phi) is 5.86. The van der Waals surface area contributed by atoms with Crippen LogP contribution in [0.25, 0.3) is 0 Å². The minimum Gasteiger partial charge on any atom is -0.339 e. The van der Waals surface area contributed by atoms with Crippen molar-refractivity contribution in [1.82, 2.24) is 9.80 Å². The molecule has 0 radical (unpaired) electrons. The van der Waals surface area contributed by atoms with E-state index in [9.17, 15) is 4.79 Å². The molecule has 0 atom stereocenters. The highest BCUT2D eigenvalue weighted by Gasteiger charge is 2.26. The van der Waals surface area contributed by atoms with Gasteiger partial charge in [0.2, 0.25) is 5.91 Å². The fraction of sp³-hybridized carbons (Fsp3) is 0.562. The lowest BCUT2D eigenvalue weighted by Gasteiger charge is -2.38. The average Bonchev–Trinajstić information content (AvgIpc) is 2.50. The lowest BCUT2D eigenvalue weighted by atomic mass is 10.0. The number of alkyl halides is 1. The van der Waals surface area contributed by atoms with Gasteiger partial charge in [0, 0.05) is 32.2 Å². The summed E-state index contributed by atoms with van der Waals surface area (Å²) in [6, 6.07) is 10.9. The first kappa shape index (κ1) is 15.3. The van der Waals surface area contributed by atoms with E-state index in [0.29, 0.717) is 6.04 Å². The highest BCUT2D eigenvalue weighted by molar-refractivity contribution is 6.27. The average molecular weight is 295 g/mol. The number of halogens is 1. The Bertz CT molecular complexity index is 416. The van der Waals surface area contributed by atoms with Crippen molar-refractivity contribution in [3.05, 3.63) is 35.9 Å². The SMILES string of the molecule is CCN(C(=O)CCl)C1CCN(Cc2ccccc2)CC1. The maximum absolute atomic E-state index is 11.8. The summed E-state index contributed by atoms with van der Waals surface area (Å²) in [5, 5.41) is 0. The molecule has 1 fully saturated rings. The summed E-state index contributed by atoms with van der Waals surface area (Å²) in [4.78, 5) is 16.2. The van der Waals surface area contributed by atoms with Gasteiger partial charge in [0.25, 0.3) is 0 Å². The van der Waals surface area contributed by atoms with Gasteiger partial charge in [-0.2, -0.15) is 0 Å². The van der Waals surface area contributed by atoms with Crippen LogP contribution in [0, 0.1) is 0 Å². The monoisotopic (exact) mass is 294 g/mol. The van der Waals surface area contributed by atoms with Gasteiger partial charge in [-0.05, 0) is 25.3 Å². The van der Waals surface area contributed by atoms with Crippen LogP contribution in [0.3, 0.4) is 0 Å². The minimum absolute atomic E-state index is 0.0654. The number of benzene rings is 1. The molecule has 0 N–H and O–H groups in total. The highest BCUT2D eigenvalue weighted by atomic mass is 35.5. The Labute approximate surface area is 126 Å². The third-order valence-electron chi connectivity index (χ3n) is 4.02. The quantitative estimate of drug-likeness (QED) is 0.780. The zero-order chi connectivity index (χ0) is 14.4. The molecule has 3 nitrogen and oxygen atoms in total. The van der Waals surface area contributed by atoms with Gasteiger partial charge in [-0.1, -0.05) is 30.3 Å². The third-order valence-corrected chi connectivity index (χ3v) is 4.25. The predicted octanol–water partition coefficient (Wildman–Crippen LogP) is 2.74. The molecule has 0 unspecified atom stereocenters. The molecule has 0 saturated carbocycles. The number of rotatable bonds is 5. The topological polar surface area (TPSA) is 23.6 Å². The van der Waals surface area contributed by atoms with Crippen molar-refractivity contribution in [3.63, 3.8) is 0 Å². The van der Waals surface area contributed by atoms with E-state index in [1.807, 2.05) is 17.9 Å². The largest absolute Gasteiger partial charge is 0.339 e. The molecular formula is C16H23ClN2O. The van der Waals surface area contributed by atoms with Crippen LogP contribution in [0.5, 0.6) is 0 Å². The Morgan fingerprint density at radius 2 is 1.95 bits per heavy atom. The number of likely N-dealkylation sites (tertiary alicyclic amines) is 1. The van der Waals surface area contributed by atoms with Crippen LogP contribution in [0.2, 0.25) is 0 Å². The maximum atomic E-state index is 11.8. The Morgan fingerprint density at radius 3 is 2.50 bits per heavy atom. The number of hydrogen-bond acceptors (Lipinski definition) is 2. The molecule has 0 spiro atoms. The smallest absolute Gasteiger partial charge is 0.237 e. The van der Waals surface area contributed by atoms with Gasteiger partial charge >= 0.3 is 0 Å². The normalized spacial score (nSPS) is 17.1. The van der Waals surface area contributed by atoms with Gasteiger partial charge in [-0.15, -0.1) is 11.6 Å². The summed E-state index contributed by atoms with van der Waals surface area (Å²) in [7, 11) is 0. The summed E-state index contributed by atoms with van der Waals surface area (Å²) >= 11 is 5.68. The molecule has 1 saturated heterocycles. The molecule has 0 aromatic heterocycles. The second-order valence-corrected chi connectivity index (χ2v) is 5.57. The van der Waals surface area contributed by atoms with Crippen LogP contribution in [0.1, 0.15) is 25.3 Å². The summed E-state index contributed by atoms with van der Waals surface area (Å²) < 4.78 is 0. The molecule has 20 heavy (non-hydrogen) atoms. The highest BCUT2D eigenvalue weighted by Crippen LogP contribution is 2.18. The maximum Gasteiger partial charge on any atom is 0.237 e. The summed E-state index contributed by atoms with van der Waals surface area (Å²) in [6.45, 7) is 5.89. The third kappa shape index (κ3) is 3.97. The second kappa shape index (κ2) is 7.65. The first-order valence-corrected chi connectivity index (χ1v) is 7.89. The summed E-state index contributed by atoms with van der Waals surface area (Å²) in [6.07, 6.45) is 2.09. The molecular weight excluding hydrogens is 272 g/mol. The van der Waals surface area contributed by atoms with Gasteiger partial charge < -0.3 is 4.90 Å². The van der Waals surface area contributed by atoms with E-state index in [-0.39, 0.29) is 11.8 Å². The van der Waals surface area contributed by atoms with Crippen LogP contribution in [-0.2, 0) is 11.3 Å². The lowest BCUT2D eigenvalue weighted by Crippen LogP contribution is -2.47. The fourth-order valence-corrected chi connectivity index (χ4v) is 3.10. The van der Waals surface area contributed by atoms with E-state index in [1.165, 1.54) is 5.56 Å². The van der Waals surface area contributed by atoms with Crippen LogP contribution in [0.15, 0.2) is 30.3 Å². The number of nitrogens with zero attached hydrogens (tertiary/aromatic N) is 2. The van der Waals surface area contributed by atoms with Crippen molar-refractivity contribution in [2.24, 2.45) is 0 Å². The molecule has 1 aromatic rings. The van der Waals surface area contributed by atoms with Gasteiger partial charge in [0.1, 0.15) is 5.88 Å². The van der Waals surface area contributed by atoms with Crippen LogP contribution in [-0.4, -0.2) is 47.3 Å². The van der Waals surface area contributed by atoms with Gasteiger partial charge in [0.05, 0.1) is 0 Å². The van der Waals surface area contributed by atoms with Crippen LogP contribution >= 0.6 is 11.6 Å². The Hall–Kier alpha value is -1.06. The standard InChI is InChI=1S/C16H23ClN2O/c1-2-19(16(20)12-17)15-8-10-18(11-9-15)13-14-6-4-3-5-7-14/h3-7,15H,2,8-13H2,1H3.